The second-order valence-corrected chi connectivity index (χ2v) is 4.04. The molecule has 0 bridgehead atoms. The Hall–Kier alpha value is -1.59. The third-order valence-electron chi connectivity index (χ3n) is 2.69. The highest BCUT2D eigenvalue weighted by Crippen LogP contribution is 2.29. The molecule has 0 saturated heterocycles. The van der Waals surface area contributed by atoms with Crippen molar-refractivity contribution < 1.29 is 24.6 Å². The van der Waals surface area contributed by atoms with Gasteiger partial charge in [-0.15, -0.1) is 0 Å². The lowest BCUT2D eigenvalue weighted by atomic mass is 9.82. The van der Waals surface area contributed by atoms with Crippen molar-refractivity contribution in [1.29, 1.82) is 0 Å². The highest BCUT2D eigenvalue weighted by atomic mass is 16.4. The van der Waals surface area contributed by atoms with Gasteiger partial charge in [-0.05, 0) is 18.8 Å². The molecule has 90 valence electrons. The summed E-state index contributed by atoms with van der Waals surface area (Å²) in [5.41, 5.74) is 0. The Morgan fingerprint density at radius 1 is 1.06 bits per heavy atom. The smallest absolute Gasteiger partial charge is 0.323 e. The van der Waals surface area contributed by atoms with E-state index in [2.05, 4.69) is 0 Å². The topological polar surface area (TPSA) is 94.9 Å². The van der Waals surface area contributed by atoms with Crippen molar-refractivity contribution in [2.75, 3.05) is 13.1 Å². The van der Waals surface area contributed by atoms with Gasteiger partial charge >= 0.3 is 11.9 Å². The van der Waals surface area contributed by atoms with E-state index in [1.165, 1.54) is 0 Å². The third-order valence-corrected chi connectivity index (χ3v) is 2.69. The summed E-state index contributed by atoms with van der Waals surface area (Å²) in [5, 5.41) is 17.1. The maximum Gasteiger partial charge on any atom is 0.323 e. The van der Waals surface area contributed by atoms with E-state index in [0.717, 1.165) is 24.2 Å². The summed E-state index contributed by atoms with van der Waals surface area (Å²) in [6.45, 7) is -1.09. The SMILES string of the molecule is O=C(O)CN(CC(=O)O)C(=O)CC1CCC1. The van der Waals surface area contributed by atoms with Crippen LogP contribution in [0.15, 0.2) is 0 Å². The molecule has 1 rings (SSSR count). The minimum Gasteiger partial charge on any atom is -0.480 e. The molecule has 6 heteroatoms. The number of nitrogens with zero attached hydrogens (tertiary/aromatic N) is 1. The number of carboxylic acids is 2. The number of amides is 1. The molecule has 0 radical (unpaired) electrons. The second-order valence-electron chi connectivity index (χ2n) is 4.04. The Morgan fingerprint density at radius 2 is 1.56 bits per heavy atom. The van der Waals surface area contributed by atoms with Crippen molar-refractivity contribution in [3.05, 3.63) is 0 Å². The summed E-state index contributed by atoms with van der Waals surface area (Å²) in [4.78, 5) is 33.5. The molecule has 2 N–H and O–H groups in total. The maximum absolute atomic E-state index is 11.6. The van der Waals surface area contributed by atoms with Crippen molar-refractivity contribution in [1.82, 2.24) is 4.90 Å². The molecule has 0 unspecified atom stereocenters. The molecule has 0 heterocycles. The van der Waals surface area contributed by atoms with Crippen molar-refractivity contribution in [2.24, 2.45) is 5.92 Å². The fourth-order valence-corrected chi connectivity index (χ4v) is 1.63. The quantitative estimate of drug-likeness (QED) is 0.677. The van der Waals surface area contributed by atoms with Gasteiger partial charge < -0.3 is 15.1 Å². The molecule has 0 atom stereocenters. The van der Waals surface area contributed by atoms with Crippen molar-refractivity contribution in [3.8, 4) is 0 Å². The molecule has 1 fully saturated rings. The zero-order valence-corrected chi connectivity index (χ0v) is 8.89. The summed E-state index contributed by atoms with van der Waals surface area (Å²) >= 11 is 0. The normalized spacial score (nSPS) is 15.2. The molecule has 6 nitrogen and oxygen atoms in total. The average Bonchev–Trinajstić information content (AvgIpc) is 2.08. The van der Waals surface area contributed by atoms with Crippen LogP contribution in [0, 0.1) is 5.92 Å². The molecule has 1 aliphatic carbocycles. The van der Waals surface area contributed by atoms with E-state index < -0.39 is 25.0 Å². The van der Waals surface area contributed by atoms with E-state index in [-0.39, 0.29) is 12.3 Å². The largest absolute Gasteiger partial charge is 0.480 e. The summed E-state index contributed by atoms with van der Waals surface area (Å²) in [7, 11) is 0. The first kappa shape index (κ1) is 12.5. The fraction of sp³-hybridized carbons (Fsp3) is 0.700. The molecule has 0 aromatic carbocycles. The van der Waals surface area contributed by atoms with Gasteiger partial charge in [0.1, 0.15) is 13.1 Å². The van der Waals surface area contributed by atoms with Gasteiger partial charge in [-0.25, -0.2) is 0 Å². The van der Waals surface area contributed by atoms with E-state index in [4.69, 9.17) is 10.2 Å². The van der Waals surface area contributed by atoms with Crippen LogP contribution in [-0.4, -0.2) is 46.0 Å². The Balaban J connectivity index is 2.48. The van der Waals surface area contributed by atoms with Crippen LogP contribution >= 0.6 is 0 Å². The predicted molar refractivity (Wildman–Crippen MR) is 53.8 cm³/mol. The lowest BCUT2D eigenvalue weighted by molar-refractivity contribution is -0.150. The van der Waals surface area contributed by atoms with Crippen molar-refractivity contribution in [3.63, 3.8) is 0 Å². The van der Waals surface area contributed by atoms with Crippen LogP contribution in [0.2, 0.25) is 0 Å². The monoisotopic (exact) mass is 229 g/mol. The first-order valence-electron chi connectivity index (χ1n) is 5.20. The summed E-state index contributed by atoms with van der Waals surface area (Å²) in [6, 6.07) is 0. The molecule has 16 heavy (non-hydrogen) atoms. The standard InChI is InChI=1S/C10H15NO5/c12-8(4-7-2-1-3-7)11(5-9(13)14)6-10(15)16/h7H,1-6H2,(H,13,14)(H,15,16). The lowest BCUT2D eigenvalue weighted by Crippen LogP contribution is -2.40. The van der Waals surface area contributed by atoms with Gasteiger partial charge in [-0.1, -0.05) is 6.42 Å². The second kappa shape index (κ2) is 5.48. The molecular weight excluding hydrogens is 214 g/mol. The zero-order valence-electron chi connectivity index (χ0n) is 8.89. The van der Waals surface area contributed by atoms with Gasteiger partial charge in [0, 0.05) is 6.42 Å². The number of carbonyl (C=O) groups is 3. The van der Waals surface area contributed by atoms with Gasteiger partial charge in [0.25, 0.3) is 0 Å². The molecule has 0 spiro atoms. The predicted octanol–water partition coefficient (Wildman–Crippen LogP) is 0.174. The van der Waals surface area contributed by atoms with Crippen LogP contribution in [0.4, 0.5) is 0 Å². The van der Waals surface area contributed by atoms with Gasteiger partial charge in [-0.3, -0.25) is 14.4 Å². The molecule has 1 aliphatic rings. The molecule has 0 aromatic heterocycles. The molecule has 0 aliphatic heterocycles. The maximum atomic E-state index is 11.6. The van der Waals surface area contributed by atoms with E-state index in [1.54, 1.807) is 0 Å². The van der Waals surface area contributed by atoms with Crippen LogP contribution in [0.1, 0.15) is 25.7 Å². The van der Waals surface area contributed by atoms with Gasteiger partial charge in [0.2, 0.25) is 5.91 Å². The minimum atomic E-state index is -1.19. The lowest BCUT2D eigenvalue weighted by Gasteiger charge is -2.27. The van der Waals surface area contributed by atoms with E-state index in [1.807, 2.05) is 0 Å². The highest BCUT2D eigenvalue weighted by molar-refractivity contribution is 5.85. The number of rotatable bonds is 6. The van der Waals surface area contributed by atoms with Crippen molar-refractivity contribution in [2.45, 2.75) is 25.7 Å². The van der Waals surface area contributed by atoms with Crippen LogP contribution in [0.3, 0.4) is 0 Å². The molecule has 1 saturated carbocycles. The van der Waals surface area contributed by atoms with E-state index in [9.17, 15) is 14.4 Å². The van der Waals surface area contributed by atoms with E-state index >= 15 is 0 Å². The van der Waals surface area contributed by atoms with Gasteiger partial charge in [0.05, 0.1) is 0 Å². The zero-order chi connectivity index (χ0) is 12.1. The Kier molecular flexibility index (Phi) is 4.28. The minimum absolute atomic E-state index is 0.264. The first-order chi connectivity index (χ1) is 7.49. The summed E-state index contributed by atoms with van der Waals surface area (Å²) < 4.78 is 0. The third kappa shape index (κ3) is 3.88. The summed E-state index contributed by atoms with van der Waals surface area (Å²) in [5.74, 6) is -2.46. The molecule has 0 aromatic rings. The Labute approximate surface area is 92.9 Å². The number of hydrogen-bond acceptors (Lipinski definition) is 3. The number of carbonyl (C=O) groups excluding carboxylic acids is 1. The van der Waals surface area contributed by atoms with Gasteiger partial charge in [0.15, 0.2) is 0 Å². The van der Waals surface area contributed by atoms with Crippen LogP contribution in [0.5, 0.6) is 0 Å². The van der Waals surface area contributed by atoms with Crippen LogP contribution in [-0.2, 0) is 14.4 Å². The number of carboxylic acid groups (broad SMARTS) is 2. The average molecular weight is 229 g/mol. The van der Waals surface area contributed by atoms with E-state index in [0.29, 0.717) is 5.92 Å². The fourth-order valence-electron chi connectivity index (χ4n) is 1.63. The van der Waals surface area contributed by atoms with Gasteiger partial charge in [-0.2, -0.15) is 0 Å². The summed E-state index contributed by atoms with van der Waals surface area (Å²) in [6.07, 6.45) is 3.30. The van der Waals surface area contributed by atoms with Crippen LogP contribution < -0.4 is 0 Å². The molecule has 1 amide bonds. The van der Waals surface area contributed by atoms with Crippen molar-refractivity contribution >= 4 is 17.8 Å². The Morgan fingerprint density at radius 3 is 1.88 bits per heavy atom. The first-order valence-corrected chi connectivity index (χ1v) is 5.20. The highest BCUT2D eigenvalue weighted by Gasteiger charge is 2.25. The van der Waals surface area contributed by atoms with Crippen LogP contribution in [0.25, 0.3) is 0 Å². The Bertz CT molecular complexity index is 282. The molecular formula is C10H15NO5. The number of aliphatic carboxylic acids is 2. The number of hydrogen-bond donors (Lipinski definition) is 2.